The number of aliphatic hydroxyl groups is 1. The minimum Gasteiger partial charge on any atom is -0.479 e. The van der Waals surface area contributed by atoms with E-state index >= 15 is 0 Å². The maximum Gasteiger partial charge on any atom is 0.333 e. The molecule has 0 aliphatic rings. The molecule has 1 rings (SSSR count). The third kappa shape index (κ3) is 4.84. The van der Waals surface area contributed by atoms with Gasteiger partial charge in [-0.2, -0.15) is 0 Å². The van der Waals surface area contributed by atoms with Gasteiger partial charge in [-0.1, -0.05) is 30.3 Å². The summed E-state index contributed by atoms with van der Waals surface area (Å²) in [5.41, 5.74) is 5.72. The van der Waals surface area contributed by atoms with E-state index in [1.807, 2.05) is 0 Å². The summed E-state index contributed by atoms with van der Waals surface area (Å²) in [5, 5.41) is 18.8. The van der Waals surface area contributed by atoms with Crippen molar-refractivity contribution in [3.8, 4) is 0 Å². The van der Waals surface area contributed by atoms with Crippen molar-refractivity contribution in [2.75, 3.05) is 0 Å². The van der Waals surface area contributed by atoms with Crippen LogP contribution in [0.15, 0.2) is 30.3 Å². The third-order valence-corrected chi connectivity index (χ3v) is 2.84. The maximum absolute atomic E-state index is 12.2. The molecule has 6 nitrogen and oxygen atoms in total. The first-order valence-electron chi connectivity index (χ1n) is 6.58. The van der Waals surface area contributed by atoms with E-state index in [4.69, 9.17) is 15.6 Å². The highest BCUT2D eigenvalue weighted by Gasteiger charge is 2.40. The van der Waals surface area contributed by atoms with Gasteiger partial charge < -0.3 is 20.7 Å². The predicted molar refractivity (Wildman–Crippen MR) is 76.3 cm³/mol. The Balaban J connectivity index is 3.08. The van der Waals surface area contributed by atoms with Gasteiger partial charge in [-0.15, -0.1) is 0 Å². The molecule has 0 heterocycles. The van der Waals surface area contributed by atoms with Crippen LogP contribution in [0.25, 0.3) is 0 Å². The van der Waals surface area contributed by atoms with Crippen molar-refractivity contribution < 1.29 is 24.5 Å². The molecule has 0 aliphatic carbocycles. The van der Waals surface area contributed by atoms with Gasteiger partial charge in [-0.25, -0.2) is 4.79 Å². The lowest BCUT2D eigenvalue weighted by molar-refractivity contribution is -0.172. The van der Waals surface area contributed by atoms with Gasteiger partial charge in [0.2, 0.25) is 0 Å². The molecule has 0 saturated heterocycles. The van der Waals surface area contributed by atoms with Crippen LogP contribution in [0.4, 0.5) is 0 Å². The van der Waals surface area contributed by atoms with Crippen molar-refractivity contribution in [1.29, 1.82) is 0 Å². The van der Waals surface area contributed by atoms with E-state index in [0.29, 0.717) is 5.56 Å². The van der Waals surface area contributed by atoms with Crippen molar-refractivity contribution in [1.82, 2.24) is 0 Å². The number of ether oxygens (including phenoxy) is 1. The lowest BCUT2D eigenvalue weighted by Gasteiger charge is -2.28. The summed E-state index contributed by atoms with van der Waals surface area (Å²) in [5.74, 6) is -3.74. The number of esters is 1. The van der Waals surface area contributed by atoms with Gasteiger partial charge in [0.15, 0.2) is 6.10 Å². The fourth-order valence-electron chi connectivity index (χ4n) is 1.88. The van der Waals surface area contributed by atoms with Gasteiger partial charge in [0.05, 0.1) is 0 Å². The number of carbonyl (C=O) groups excluding carboxylic acids is 1. The van der Waals surface area contributed by atoms with E-state index in [1.165, 1.54) is 0 Å². The predicted octanol–water partition coefficient (Wildman–Crippen LogP) is 1.09. The zero-order valence-electron chi connectivity index (χ0n) is 12.3. The van der Waals surface area contributed by atoms with Crippen LogP contribution in [0.3, 0.4) is 0 Å². The van der Waals surface area contributed by atoms with E-state index in [1.54, 1.807) is 51.1 Å². The quantitative estimate of drug-likeness (QED) is 0.701. The molecule has 0 spiro atoms. The number of carboxylic acid groups (broad SMARTS) is 1. The lowest BCUT2D eigenvalue weighted by atomic mass is 9.89. The van der Waals surface area contributed by atoms with Crippen molar-refractivity contribution in [3.05, 3.63) is 35.9 Å². The molecule has 1 aromatic carbocycles. The summed E-state index contributed by atoms with van der Waals surface area (Å²) in [4.78, 5) is 23.2. The Labute approximate surface area is 123 Å². The monoisotopic (exact) mass is 295 g/mol. The standard InChI is InChI=1S/C15H21NO5/c1-15(2,3)21-14(20)10(12(17)13(18)19)11(16)9-7-5-4-6-8-9/h4-8,10-12,17H,16H2,1-3H3,(H,18,19)/t10-,11?,12-/m0/s1. The van der Waals surface area contributed by atoms with Crippen LogP contribution in [-0.2, 0) is 14.3 Å². The molecule has 1 unspecified atom stereocenters. The summed E-state index contributed by atoms with van der Waals surface area (Å²) in [7, 11) is 0. The first kappa shape index (κ1) is 17.1. The normalized spacial score (nSPS) is 15.9. The zero-order chi connectivity index (χ0) is 16.2. The molecule has 0 amide bonds. The molecule has 3 atom stereocenters. The number of hydrogen-bond acceptors (Lipinski definition) is 5. The topological polar surface area (TPSA) is 110 Å². The van der Waals surface area contributed by atoms with E-state index in [9.17, 15) is 14.7 Å². The van der Waals surface area contributed by atoms with Crippen LogP contribution in [0, 0.1) is 5.92 Å². The van der Waals surface area contributed by atoms with Crippen molar-refractivity contribution in [2.45, 2.75) is 38.5 Å². The highest BCUT2D eigenvalue weighted by molar-refractivity contribution is 5.83. The molecular formula is C15H21NO5. The van der Waals surface area contributed by atoms with Crippen LogP contribution < -0.4 is 5.73 Å². The molecule has 0 bridgehead atoms. The van der Waals surface area contributed by atoms with Crippen molar-refractivity contribution >= 4 is 11.9 Å². The number of carbonyl (C=O) groups is 2. The summed E-state index contributed by atoms with van der Waals surface area (Å²) in [6, 6.07) is 7.55. The maximum atomic E-state index is 12.2. The molecule has 116 valence electrons. The average Bonchev–Trinajstić information content (AvgIpc) is 2.37. The fraction of sp³-hybridized carbons (Fsp3) is 0.467. The second kappa shape index (κ2) is 6.69. The van der Waals surface area contributed by atoms with Gasteiger partial charge in [0, 0.05) is 6.04 Å². The molecular weight excluding hydrogens is 274 g/mol. The van der Waals surface area contributed by atoms with Crippen LogP contribution in [0.5, 0.6) is 0 Å². The molecule has 6 heteroatoms. The highest BCUT2D eigenvalue weighted by atomic mass is 16.6. The fourth-order valence-corrected chi connectivity index (χ4v) is 1.88. The van der Waals surface area contributed by atoms with Crippen LogP contribution in [0.2, 0.25) is 0 Å². The Hall–Kier alpha value is -1.92. The van der Waals surface area contributed by atoms with E-state index < -0.39 is 35.6 Å². The lowest BCUT2D eigenvalue weighted by Crippen LogP contribution is -2.44. The van der Waals surface area contributed by atoms with Gasteiger partial charge in [-0.05, 0) is 26.3 Å². The van der Waals surface area contributed by atoms with E-state index in [0.717, 1.165) is 0 Å². The van der Waals surface area contributed by atoms with Crippen molar-refractivity contribution in [3.63, 3.8) is 0 Å². The smallest absolute Gasteiger partial charge is 0.333 e. The summed E-state index contributed by atoms with van der Waals surface area (Å²) < 4.78 is 5.17. The molecule has 4 N–H and O–H groups in total. The minimum atomic E-state index is -1.94. The first-order chi connectivity index (χ1) is 9.63. The van der Waals surface area contributed by atoms with Gasteiger partial charge >= 0.3 is 11.9 Å². The highest BCUT2D eigenvalue weighted by Crippen LogP contribution is 2.26. The summed E-state index contributed by atoms with van der Waals surface area (Å²) in [6.45, 7) is 4.97. The van der Waals surface area contributed by atoms with Gasteiger partial charge in [0.1, 0.15) is 11.5 Å². The number of aliphatic carboxylic acids is 1. The molecule has 0 aliphatic heterocycles. The number of benzene rings is 1. The average molecular weight is 295 g/mol. The second-order valence-corrected chi connectivity index (χ2v) is 5.78. The SMILES string of the molecule is CC(C)(C)OC(=O)[C@@H](C(N)c1ccccc1)[C@H](O)C(=O)O. The van der Waals surface area contributed by atoms with Gasteiger partial charge in [-0.3, -0.25) is 4.79 Å². The molecule has 1 aromatic rings. The van der Waals surface area contributed by atoms with E-state index in [-0.39, 0.29) is 0 Å². The van der Waals surface area contributed by atoms with Crippen LogP contribution in [-0.4, -0.2) is 33.9 Å². The first-order valence-corrected chi connectivity index (χ1v) is 6.58. The Kier molecular flexibility index (Phi) is 5.46. The van der Waals surface area contributed by atoms with Gasteiger partial charge in [0.25, 0.3) is 0 Å². The molecule has 0 aromatic heterocycles. The van der Waals surface area contributed by atoms with Crippen LogP contribution in [0.1, 0.15) is 32.4 Å². The third-order valence-electron chi connectivity index (χ3n) is 2.84. The number of carboxylic acids is 1. The molecule has 0 saturated carbocycles. The van der Waals surface area contributed by atoms with Crippen LogP contribution >= 0.6 is 0 Å². The second-order valence-electron chi connectivity index (χ2n) is 5.78. The Morgan fingerprint density at radius 3 is 2.14 bits per heavy atom. The zero-order valence-corrected chi connectivity index (χ0v) is 12.3. The summed E-state index contributed by atoms with van der Waals surface area (Å²) >= 11 is 0. The largest absolute Gasteiger partial charge is 0.479 e. The Morgan fingerprint density at radius 2 is 1.71 bits per heavy atom. The number of nitrogens with two attached hydrogens (primary N) is 1. The Bertz CT molecular complexity index is 495. The van der Waals surface area contributed by atoms with E-state index in [2.05, 4.69) is 0 Å². The summed E-state index contributed by atoms with van der Waals surface area (Å²) in [6.07, 6.45) is -1.94. The number of rotatable bonds is 5. The number of hydrogen-bond donors (Lipinski definition) is 3. The minimum absolute atomic E-state index is 0.550. The Morgan fingerprint density at radius 1 is 1.19 bits per heavy atom. The molecule has 0 fully saturated rings. The molecule has 0 radical (unpaired) electrons. The van der Waals surface area contributed by atoms with Crippen molar-refractivity contribution in [2.24, 2.45) is 11.7 Å². The number of aliphatic hydroxyl groups excluding tert-OH is 1. The molecule has 21 heavy (non-hydrogen) atoms.